The van der Waals surface area contributed by atoms with E-state index in [1.165, 1.54) is 0 Å². The molecule has 2 aliphatic heterocycles. The normalized spacial score (nSPS) is 10.2. The van der Waals surface area contributed by atoms with Crippen LogP contribution in [0.2, 0.25) is 0 Å². The Bertz CT molecular complexity index is 248. The van der Waals surface area contributed by atoms with Crippen molar-refractivity contribution in [3.05, 3.63) is 24.8 Å². The zero-order valence-electron chi connectivity index (χ0n) is 4.70. The Balaban J connectivity index is 2.79. The van der Waals surface area contributed by atoms with Gasteiger partial charge in [0.15, 0.2) is 0 Å². The van der Waals surface area contributed by atoms with Crippen LogP contribution in [0.15, 0.2) is 24.8 Å². The summed E-state index contributed by atoms with van der Waals surface area (Å²) in [5.41, 5.74) is 1.85. The van der Waals surface area contributed by atoms with Crippen molar-refractivity contribution in [1.29, 1.82) is 0 Å². The van der Waals surface area contributed by atoms with Crippen LogP contribution < -0.4 is 0 Å². The zero-order valence-corrected chi connectivity index (χ0v) is 4.70. The maximum absolute atomic E-state index is 3.99. The molecule has 0 radical (unpaired) electrons. The molecule has 0 saturated heterocycles. The van der Waals surface area contributed by atoms with Crippen molar-refractivity contribution >= 4 is 0 Å². The van der Waals surface area contributed by atoms with Gasteiger partial charge in [0.25, 0.3) is 0 Å². The number of nitrogens with zero attached hydrogens (tertiary/aromatic N) is 2. The molecule has 0 fully saturated rings. The van der Waals surface area contributed by atoms with E-state index in [0.717, 1.165) is 11.4 Å². The molecule has 0 aromatic rings. The molecule has 0 saturated carbocycles. The number of aromatic nitrogens is 3. The highest BCUT2D eigenvalue weighted by Crippen LogP contribution is 2.11. The Morgan fingerprint density at radius 1 is 1.22 bits per heavy atom. The standard InChI is InChI=1S/C6H5N3/c1-2-7-3-6-5(1)8-4-9-6/h1-4,7H. The number of imidazole rings is 1. The highest BCUT2D eigenvalue weighted by molar-refractivity contribution is 5.52. The fourth-order valence-corrected chi connectivity index (χ4v) is 0.779. The Morgan fingerprint density at radius 2 is 2.11 bits per heavy atom. The number of rotatable bonds is 0. The summed E-state index contributed by atoms with van der Waals surface area (Å²) in [5.74, 6) is 0. The van der Waals surface area contributed by atoms with E-state index in [0.29, 0.717) is 0 Å². The summed E-state index contributed by atoms with van der Waals surface area (Å²) in [7, 11) is 0. The molecule has 0 aromatic carbocycles. The number of hydrogen-bond acceptors (Lipinski definition) is 2. The van der Waals surface area contributed by atoms with Crippen LogP contribution in [0, 0.1) is 0 Å². The summed E-state index contributed by atoms with van der Waals surface area (Å²) >= 11 is 0. The Kier molecular flexibility index (Phi) is 0.773. The fraction of sp³-hybridized carbons (Fsp3) is 0. The van der Waals surface area contributed by atoms with Gasteiger partial charge in [-0.15, -0.1) is 0 Å². The topological polar surface area (TPSA) is 41.6 Å². The van der Waals surface area contributed by atoms with Crippen LogP contribution in [-0.4, -0.2) is 15.0 Å². The molecule has 0 unspecified atom stereocenters. The van der Waals surface area contributed by atoms with E-state index in [1.807, 2.05) is 18.5 Å². The van der Waals surface area contributed by atoms with Crippen LogP contribution in [-0.2, 0) is 0 Å². The zero-order chi connectivity index (χ0) is 6.10. The third-order valence-corrected chi connectivity index (χ3v) is 1.21. The Morgan fingerprint density at radius 3 is 3.00 bits per heavy atom. The first-order chi connectivity index (χ1) is 4.47. The SMILES string of the molecule is c1nc2cc[nH]cc-2n1. The number of nitrogens with one attached hydrogen (secondary N) is 1. The minimum Gasteiger partial charge on any atom is -0.366 e. The Hall–Kier alpha value is -1.38. The van der Waals surface area contributed by atoms with Gasteiger partial charge in [-0.3, -0.25) is 0 Å². The van der Waals surface area contributed by atoms with Crippen molar-refractivity contribution in [2.24, 2.45) is 0 Å². The van der Waals surface area contributed by atoms with Gasteiger partial charge in [-0.1, -0.05) is 0 Å². The van der Waals surface area contributed by atoms with Crippen molar-refractivity contribution in [2.75, 3.05) is 0 Å². The highest BCUT2D eigenvalue weighted by Gasteiger charge is 1.99. The molecule has 2 aliphatic rings. The van der Waals surface area contributed by atoms with Gasteiger partial charge >= 0.3 is 0 Å². The minimum absolute atomic E-state index is 0.914. The van der Waals surface area contributed by atoms with Crippen molar-refractivity contribution in [1.82, 2.24) is 15.0 Å². The predicted molar refractivity (Wildman–Crippen MR) is 33.0 cm³/mol. The van der Waals surface area contributed by atoms with Crippen LogP contribution in [0.4, 0.5) is 0 Å². The van der Waals surface area contributed by atoms with Crippen LogP contribution in [0.5, 0.6) is 0 Å². The van der Waals surface area contributed by atoms with E-state index in [2.05, 4.69) is 15.0 Å². The number of H-pyrrole nitrogens is 1. The Labute approximate surface area is 52.1 Å². The fourth-order valence-electron chi connectivity index (χ4n) is 0.779. The smallest absolute Gasteiger partial charge is 0.116 e. The van der Waals surface area contributed by atoms with Crippen LogP contribution in [0.1, 0.15) is 0 Å². The third kappa shape index (κ3) is 0.579. The number of pyridine rings is 1. The minimum atomic E-state index is 0.914. The molecule has 2 heterocycles. The lowest BCUT2D eigenvalue weighted by molar-refractivity contribution is 1.28. The molecule has 3 heteroatoms. The third-order valence-electron chi connectivity index (χ3n) is 1.21. The monoisotopic (exact) mass is 119 g/mol. The quantitative estimate of drug-likeness (QED) is 0.560. The largest absolute Gasteiger partial charge is 0.366 e. The summed E-state index contributed by atoms with van der Waals surface area (Å²) in [5, 5.41) is 0. The molecule has 0 aromatic heterocycles. The van der Waals surface area contributed by atoms with Gasteiger partial charge in [-0.05, 0) is 6.07 Å². The molecule has 44 valence electrons. The number of aromatic amines is 1. The van der Waals surface area contributed by atoms with Crippen molar-refractivity contribution in [2.45, 2.75) is 0 Å². The van der Waals surface area contributed by atoms with Gasteiger partial charge in [0.1, 0.15) is 12.0 Å². The van der Waals surface area contributed by atoms with Crippen LogP contribution in [0.3, 0.4) is 0 Å². The average Bonchev–Trinajstić information content (AvgIpc) is 2.33. The summed E-state index contributed by atoms with van der Waals surface area (Å²) < 4.78 is 0. The molecule has 0 spiro atoms. The van der Waals surface area contributed by atoms with Crippen LogP contribution in [0.25, 0.3) is 11.4 Å². The molecular formula is C6H5N3. The van der Waals surface area contributed by atoms with Crippen molar-refractivity contribution in [3.63, 3.8) is 0 Å². The van der Waals surface area contributed by atoms with E-state index in [-0.39, 0.29) is 0 Å². The summed E-state index contributed by atoms with van der Waals surface area (Å²) in [6.07, 6.45) is 5.21. The lowest BCUT2D eigenvalue weighted by Crippen LogP contribution is -1.77. The maximum Gasteiger partial charge on any atom is 0.116 e. The molecular weight excluding hydrogens is 114 g/mol. The van der Waals surface area contributed by atoms with E-state index in [4.69, 9.17) is 0 Å². The first-order valence-corrected chi connectivity index (χ1v) is 2.70. The molecule has 0 amide bonds. The van der Waals surface area contributed by atoms with Gasteiger partial charge in [-0.2, -0.15) is 0 Å². The van der Waals surface area contributed by atoms with Crippen molar-refractivity contribution in [3.8, 4) is 11.4 Å². The molecule has 0 bridgehead atoms. The van der Waals surface area contributed by atoms with E-state index < -0.39 is 0 Å². The second-order valence-electron chi connectivity index (χ2n) is 1.79. The second kappa shape index (κ2) is 1.55. The lowest BCUT2D eigenvalue weighted by atomic mass is 10.3. The second-order valence-corrected chi connectivity index (χ2v) is 1.79. The molecule has 0 aliphatic carbocycles. The lowest BCUT2D eigenvalue weighted by Gasteiger charge is -1.89. The highest BCUT2D eigenvalue weighted by atomic mass is 14.9. The number of hydrogen-bond donors (Lipinski definition) is 1. The maximum atomic E-state index is 3.99. The molecule has 0 atom stereocenters. The first kappa shape index (κ1) is 4.49. The van der Waals surface area contributed by atoms with Gasteiger partial charge in [0.2, 0.25) is 0 Å². The summed E-state index contributed by atoms with van der Waals surface area (Å²) in [6, 6.07) is 1.89. The number of fused-ring (bicyclic) bond motifs is 1. The van der Waals surface area contributed by atoms with Gasteiger partial charge in [0.05, 0.1) is 5.69 Å². The van der Waals surface area contributed by atoms with E-state index in [9.17, 15) is 0 Å². The molecule has 9 heavy (non-hydrogen) atoms. The summed E-state index contributed by atoms with van der Waals surface area (Å²) in [4.78, 5) is 10.9. The van der Waals surface area contributed by atoms with Gasteiger partial charge in [-0.25, -0.2) is 9.97 Å². The molecule has 1 N–H and O–H groups in total. The van der Waals surface area contributed by atoms with Gasteiger partial charge in [0, 0.05) is 12.4 Å². The van der Waals surface area contributed by atoms with Crippen LogP contribution >= 0.6 is 0 Å². The van der Waals surface area contributed by atoms with Crippen molar-refractivity contribution < 1.29 is 0 Å². The van der Waals surface area contributed by atoms with E-state index in [1.54, 1.807) is 6.33 Å². The molecule has 2 rings (SSSR count). The predicted octanol–water partition coefficient (Wildman–Crippen LogP) is 0.909. The summed E-state index contributed by atoms with van der Waals surface area (Å²) in [6.45, 7) is 0. The van der Waals surface area contributed by atoms with E-state index >= 15 is 0 Å². The van der Waals surface area contributed by atoms with Gasteiger partial charge < -0.3 is 4.98 Å². The molecule has 3 nitrogen and oxygen atoms in total. The first-order valence-electron chi connectivity index (χ1n) is 2.70. The average molecular weight is 119 g/mol.